The molecule has 0 aromatic rings. The van der Waals surface area contributed by atoms with Gasteiger partial charge in [-0.1, -0.05) is 44.1 Å². The van der Waals surface area contributed by atoms with Gasteiger partial charge in [-0.25, -0.2) is 0 Å². The van der Waals surface area contributed by atoms with E-state index in [-0.39, 0.29) is 22.3 Å². The molecule has 3 nitrogen and oxygen atoms in total. The van der Waals surface area contributed by atoms with Crippen molar-refractivity contribution in [3.05, 3.63) is 0 Å². The summed E-state index contributed by atoms with van der Waals surface area (Å²) in [6.45, 7) is 2.20. The molecule has 2 rings (SSSR count). The third kappa shape index (κ3) is 1.86. The van der Waals surface area contributed by atoms with Gasteiger partial charge < -0.3 is 0 Å². The van der Waals surface area contributed by atoms with E-state index in [0.717, 1.165) is 20.0 Å². The Balaban J connectivity index is 2.28. The van der Waals surface area contributed by atoms with Gasteiger partial charge in [-0.3, -0.25) is 14.9 Å². The second-order valence-corrected chi connectivity index (χ2v) is 7.74. The lowest BCUT2D eigenvalue weighted by Gasteiger charge is -2.65. The van der Waals surface area contributed by atoms with Crippen LogP contribution in [0, 0.1) is 5.92 Å². The minimum Gasteiger partial charge on any atom is -0.297 e. The molecule has 2 aliphatic heterocycles. The SMILES string of the molecule is BC1(B)C(=O)NC(=O)C2(BCC2CCCCC)C1(B)B. The fourth-order valence-corrected chi connectivity index (χ4v) is 4.29. The third-order valence-electron chi connectivity index (χ3n) is 6.62. The van der Waals surface area contributed by atoms with Crippen LogP contribution in [0.4, 0.5) is 0 Å². The van der Waals surface area contributed by atoms with E-state index in [1.165, 1.54) is 19.3 Å². The normalized spacial score (nSPS) is 34.1. The molecule has 20 heavy (non-hydrogen) atoms. The Morgan fingerprint density at radius 2 is 1.85 bits per heavy atom. The molecule has 0 radical (unpaired) electrons. The number of imide groups is 1. The number of piperidine rings is 1. The Bertz CT molecular complexity index is 440. The number of carbonyl (C=O) groups is 2. The molecule has 0 saturated carbocycles. The summed E-state index contributed by atoms with van der Waals surface area (Å²) in [4.78, 5) is 24.8. The van der Waals surface area contributed by atoms with Crippen LogP contribution in [-0.2, 0) is 9.59 Å². The van der Waals surface area contributed by atoms with Gasteiger partial charge >= 0.3 is 0 Å². The van der Waals surface area contributed by atoms with Crippen LogP contribution in [0.1, 0.15) is 32.6 Å². The average Bonchev–Trinajstić information content (AvgIpc) is 2.31. The highest BCUT2D eigenvalue weighted by Gasteiger charge is 2.68. The Hall–Kier alpha value is -0.535. The predicted molar refractivity (Wildman–Crippen MR) is 95.0 cm³/mol. The first-order valence-electron chi connectivity index (χ1n) is 8.07. The second kappa shape index (κ2) is 5.03. The third-order valence-corrected chi connectivity index (χ3v) is 6.62. The predicted octanol–water partition coefficient (Wildman–Crippen LogP) is -2.37. The maximum absolute atomic E-state index is 12.6. The van der Waals surface area contributed by atoms with E-state index in [4.69, 9.17) is 0 Å². The van der Waals surface area contributed by atoms with E-state index in [1.807, 2.05) is 15.7 Å². The van der Waals surface area contributed by atoms with Crippen LogP contribution >= 0.6 is 0 Å². The van der Waals surface area contributed by atoms with Crippen molar-refractivity contribution in [2.75, 3.05) is 0 Å². The number of nitrogens with one attached hydrogen (secondary N) is 1. The molecule has 2 unspecified atom stereocenters. The molecule has 2 atom stereocenters. The molecule has 1 N–H and O–H groups in total. The average molecular weight is 268 g/mol. The number of hydrogen-bond acceptors (Lipinski definition) is 2. The molecule has 8 heteroatoms. The van der Waals surface area contributed by atoms with Gasteiger partial charge in [-0.15, -0.1) is 0 Å². The highest BCUT2D eigenvalue weighted by Crippen LogP contribution is 2.71. The van der Waals surface area contributed by atoms with Gasteiger partial charge in [0.2, 0.25) is 11.8 Å². The Labute approximate surface area is 126 Å². The zero-order valence-corrected chi connectivity index (χ0v) is 13.6. The lowest BCUT2D eigenvalue weighted by Crippen LogP contribution is -2.69. The minimum atomic E-state index is -0.496. The van der Waals surface area contributed by atoms with Gasteiger partial charge in [-0.05, 0) is 11.1 Å². The Morgan fingerprint density at radius 3 is 2.35 bits per heavy atom. The summed E-state index contributed by atoms with van der Waals surface area (Å²) >= 11 is 0. The van der Waals surface area contributed by atoms with Gasteiger partial charge in [0, 0.05) is 5.31 Å². The minimum absolute atomic E-state index is 0.0143. The highest BCUT2D eigenvalue weighted by atomic mass is 16.2. The van der Waals surface area contributed by atoms with E-state index in [0.29, 0.717) is 5.92 Å². The lowest BCUT2D eigenvalue weighted by atomic mass is 9.10. The zero-order chi connectivity index (χ0) is 15.2. The fraction of sp³-hybridized carbons (Fsp3) is 0.833. The van der Waals surface area contributed by atoms with Crippen molar-refractivity contribution in [2.45, 2.75) is 54.7 Å². The topological polar surface area (TPSA) is 46.2 Å². The maximum Gasteiger partial charge on any atom is 0.224 e. The van der Waals surface area contributed by atoms with Crippen molar-refractivity contribution in [1.29, 1.82) is 0 Å². The van der Waals surface area contributed by atoms with Crippen LogP contribution in [0.15, 0.2) is 0 Å². The zero-order valence-electron chi connectivity index (χ0n) is 13.6. The van der Waals surface area contributed by atoms with E-state index in [2.05, 4.69) is 27.9 Å². The quantitative estimate of drug-likeness (QED) is 0.352. The van der Waals surface area contributed by atoms with Crippen molar-refractivity contribution in [2.24, 2.45) is 5.92 Å². The van der Waals surface area contributed by atoms with Crippen molar-refractivity contribution < 1.29 is 9.59 Å². The van der Waals surface area contributed by atoms with Crippen LogP contribution < -0.4 is 5.32 Å². The Morgan fingerprint density at radius 1 is 1.20 bits per heavy atom. The molecule has 104 valence electrons. The van der Waals surface area contributed by atoms with E-state index in [1.54, 1.807) is 0 Å². The first-order valence-corrected chi connectivity index (χ1v) is 8.07. The fourth-order valence-electron chi connectivity index (χ4n) is 4.29. The highest BCUT2D eigenvalue weighted by molar-refractivity contribution is 6.70. The second-order valence-electron chi connectivity index (χ2n) is 7.74. The first-order chi connectivity index (χ1) is 9.21. The van der Waals surface area contributed by atoms with Gasteiger partial charge in [0.05, 0.1) is 15.7 Å². The molecule has 2 amide bonds. The molecule has 2 saturated heterocycles. The number of hydrogen-bond donors (Lipinski definition) is 1. The number of rotatable bonds is 4. The van der Waals surface area contributed by atoms with E-state index in [9.17, 15) is 9.59 Å². The standard InChI is InChI=1S/C12H24B5NO2/c1-2-3-4-5-7-6-17-10(7)8(19)18-9(20)11(13,14)12(10,15)16/h7,17H,2-6,13-16H2,1H3,(H,18,19,20). The van der Waals surface area contributed by atoms with Crippen molar-refractivity contribution in [1.82, 2.24) is 5.32 Å². The number of amides is 2. The van der Waals surface area contributed by atoms with Gasteiger partial charge in [0.15, 0.2) is 0 Å². The van der Waals surface area contributed by atoms with Gasteiger partial charge in [-0.2, -0.15) is 0 Å². The van der Waals surface area contributed by atoms with E-state index < -0.39 is 5.21 Å². The first kappa shape index (κ1) is 15.8. The molecular weight excluding hydrogens is 244 g/mol. The summed E-state index contributed by atoms with van der Waals surface area (Å²) in [7, 11) is 9.14. The maximum atomic E-state index is 12.6. The molecule has 0 aromatic carbocycles. The summed E-state index contributed by atoms with van der Waals surface area (Å²) in [5.41, 5.74) is 0. The summed E-state index contributed by atoms with van der Waals surface area (Å²) in [6.07, 6.45) is 5.89. The number of carbonyl (C=O) groups excluding carboxylic acids is 2. The molecular formula is C12H24B5NO2. The largest absolute Gasteiger partial charge is 0.297 e. The summed E-state index contributed by atoms with van der Waals surface area (Å²) < 4.78 is 0. The molecule has 2 heterocycles. The molecule has 2 fully saturated rings. The molecule has 0 bridgehead atoms. The van der Waals surface area contributed by atoms with Crippen LogP contribution in [0.5, 0.6) is 0 Å². The van der Waals surface area contributed by atoms with Crippen LogP contribution in [0.2, 0.25) is 22.1 Å². The molecule has 1 spiro atoms. The van der Waals surface area contributed by atoms with E-state index >= 15 is 0 Å². The van der Waals surface area contributed by atoms with Crippen molar-refractivity contribution in [3.8, 4) is 0 Å². The summed E-state index contributed by atoms with van der Waals surface area (Å²) in [5, 5.41) is 1.55. The van der Waals surface area contributed by atoms with Crippen LogP contribution in [0.25, 0.3) is 0 Å². The van der Waals surface area contributed by atoms with Crippen LogP contribution in [-0.4, -0.2) is 50.5 Å². The van der Waals surface area contributed by atoms with Crippen LogP contribution in [0.3, 0.4) is 0 Å². The van der Waals surface area contributed by atoms with Crippen molar-refractivity contribution in [3.63, 3.8) is 0 Å². The lowest BCUT2D eigenvalue weighted by molar-refractivity contribution is -0.139. The molecule has 0 aromatic heterocycles. The number of unbranched alkanes of at least 4 members (excludes halogenated alkanes) is 2. The Kier molecular flexibility index (Phi) is 3.98. The van der Waals surface area contributed by atoms with Crippen molar-refractivity contribution >= 4 is 50.5 Å². The molecule has 2 aliphatic rings. The summed E-state index contributed by atoms with van der Waals surface area (Å²) in [5.74, 6) is 0.313. The summed E-state index contributed by atoms with van der Waals surface area (Å²) in [6, 6.07) is 0. The smallest absolute Gasteiger partial charge is 0.224 e. The van der Waals surface area contributed by atoms with Gasteiger partial charge in [0.25, 0.3) is 0 Å². The monoisotopic (exact) mass is 269 g/mol. The van der Waals surface area contributed by atoms with Gasteiger partial charge in [0.1, 0.15) is 23.0 Å². The molecule has 0 aliphatic carbocycles.